The van der Waals surface area contributed by atoms with Crippen LogP contribution in [0.25, 0.3) is 60.2 Å². The Kier molecular flexibility index (Phi) is 4.49. The molecule has 0 aliphatic heterocycles. The van der Waals surface area contributed by atoms with Gasteiger partial charge in [-0.25, -0.2) is 0 Å². The zero-order chi connectivity index (χ0) is 28.6. The molecule has 1 aromatic heterocycles. The zero-order valence-electron chi connectivity index (χ0n) is 23.9. The maximum absolute atomic E-state index is 6.78. The van der Waals surface area contributed by atoms with Gasteiger partial charge in [0.2, 0.25) is 0 Å². The quantitative estimate of drug-likeness (QED) is 0.191. The molecule has 1 nitrogen and oxygen atoms in total. The van der Waals surface area contributed by atoms with E-state index in [1.165, 1.54) is 76.8 Å². The van der Waals surface area contributed by atoms with Gasteiger partial charge < -0.3 is 4.42 Å². The van der Waals surface area contributed by atoms with Crippen molar-refractivity contribution in [3.8, 4) is 11.1 Å². The summed E-state index contributed by atoms with van der Waals surface area (Å²) in [4.78, 5) is 0. The minimum atomic E-state index is -0.188. The number of hydrogen-bond donors (Lipinski definition) is 0. The fourth-order valence-electron chi connectivity index (χ4n) is 8.64. The van der Waals surface area contributed by atoms with Gasteiger partial charge in [-0.1, -0.05) is 123 Å². The molecule has 0 amide bonds. The second-order valence-electron chi connectivity index (χ2n) is 12.9. The van der Waals surface area contributed by atoms with Crippen LogP contribution in [0.1, 0.15) is 53.5 Å². The molecule has 0 bridgehead atoms. The van der Waals surface area contributed by atoms with E-state index in [0.29, 0.717) is 0 Å². The Labute approximate surface area is 254 Å². The second kappa shape index (κ2) is 8.07. The lowest BCUT2D eigenvalue weighted by Crippen LogP contribution is -2.17. The largest absolute Gasteiger partial charge is 0.456 e. The number of halogens is 1. The highest BCUT2D eigenvalue weighted by molar-refractivity contribution is 6.31. The van der Waals surface area contributed by atoms with Gasteiger partial charge in [-0.3, -0.25) is 0 Å². The molecule has 0 radical (unpaired) electrons. The van der Waals surface area contributed by atoms with E-state index in [9.17, 15) is 0 Å². The lowest BCUT2D eigenvalue weighted by atomic mass is 9.73. The third-order valence-electron chi connectivity index (χ3n) is 10.4. The molecule has 0 saturated heterocycles. The molecule has 0 saturated carbocycles. The van der Waals surface area contributed by atoms with Gasteiger partial charge in [0.05, 0.1) is 0 Å². The third kappa shape index (κ3) is 2.94. The summed E-state index contributed by atoms with van der Waals surface area (Å²) in [5.41, 5.74) is 12.7. The van der Waals surface area contributed by atoms with Crippen LogP contribution in [-0.4, -0.2) is 0 Å². The number of fused-ring (bicyclic) bond motifs is 9. The van der Waals surface area contributed by atoms with Crippen LogP contribution < -0.4 is 0 Å². The topological polar surface area (TPSA) is 13.1 Å². The van der Waals surface area contributed by atoms with Crippen LogP contribution >= 0.6 is 11.6 Å². The number of para-hydroxylation sites is 1. The minimum Gasteiger partial charge on any atom is -0.456 e. The monoisotopic (exact) mass is 570 g/mol. The smallest absolute Gasteiger partial charge is 0.140 e. The lowest BCUT2D eigenvalue weighted by Gasteiger charge is -2.29. The van der Waals surface area contributed by atoms with Crippen LogP contribution in [0.3, 0.4) is 0 Å². The van der Waals surface area contributed by atoms with E-state index in [2.05, 4.69) is 123 Å². The van der Waals surface area contributed by atoms with Crippen molar-refractivity contribution in [2.45, 2.75) is 31.1 Å². The van der Waals surface area contributed by atoms with Crippen molar-refractivity contribution in [3.63, 3.8) is 0 Å². The Morgan fingerprint density at radius 2 is 1.51 bits per heavy atom. The zero-order valence-corrected chi connectivity index (χ0v) is 24.7. The maximum Gasteiger partial charge on any atom is 0.140 e. The summed E-state index contributed by atoms with van der Waals surface area (Å²) in [7, 11) is 0. The molecule has 7 aromatic rings. The van der Waals surface area contributed by atoms with Crippen molar-refractivity contribution >= 4 is 60.7 Å². The number of allylic oxidation sites excluding steroid dienone is 4. The molecule has 3 aliphatic carbocycles. The first kappa shape index (κ1) is 23.9. The fourth-order valence-corrected chi connectivity index (χ4v) is 8.82. The van der Waals surface area contributed by atoms with Gasteiger partial charge >= 0.3 is 0 Å². The normalized spacial score (nSPS) is 19.3. The number of rotatable bonds is 1. The minimum absolute atomic E-state index is 0.188. The summed E-state index contributed by atoms with van der Waals surface area (Å²) in [5, 5.41) is 8.30. The summed E-state index contributed by atoms with van der Waals surface area (Å²) in [6, 6.07) is 35.2. The third-order valence-corrected chi connectivity index (χ3v) is 10.7. The summed E-state index contributed by atoms with van der Waals surface area (Å²) in [6.07, 6.45) is 7.33. The van der Waals surface area contributed by atoms with Crippen molar-refractivity contribution in [1.82, 2.24) is 0 Å². The number of hydrogen-bond acceptors (Lipinski definition) is 1. The van der Waals surface area contributed by atoms with Gasteiger partial charge in [-0.05, 0) is 78.7 Å². The van der Waals surface area contributed by atoms with Crippen LogP contribution in [0.4, 0.5) is 0 Å². The summed E-state index contributed by atoms with van der Waals surface area (Å²) < 4.78 is 6.78. The maximum atomic E-state index is 6.78. The van der Waals surface area contributed by atoms with Crippen LogP contribution in [0.2, 0.25) is 5.02 Å². The second-order valence-corrected chi connectivity index (χ2v) is 13.4. The molecule has 1 heterocycles. The van der Waals surface area contributed by atoms with E-state index < -0.39 is 0 Å². The molecule has 2 atom stereocenters. The van der Waals surface area contributed by atoms with Crippen LogP contribution in [0.15, 0.2) is 120 Å². The number of furan rings is 1. The van der Waals surface area contributed by atoms with Crippen LogP contribution in [0, 0.1) is 0 Å². The summed E-state index contributed by atoms with van der Waals surface area (Å²) in [6.45, 7) is 4.76. The van der Waals surface area contributed by atoms with E-state index in [0.717, 1.165) is 16.2 Å². The lowest BCUT2D eigenvalue weighted by molar-refractivity contribution is 0.619. The Morgan fingerprint density at radius 3 is 2.44 bits per heavy atom. The highest BCUT2D eigenvalue weighted by Gasteiger charge is 2.45. The predicted octanol–water partition coefficient (Wildman–Crippen LogP) is 11.7. The van der Waals surface area contributed by atoms with Crippen molar-refractivity contribution in [3.05, 3.63) is 148 Å². The first-order chi connectivity index (χ1) is 21.0. The van der Waals surface area contributed by atoms with E-state index >= 15 is 0 Å². The highest BCUT2D eigenvalue weighted by atomic mass is 35.5. The Bertz CT molecular complexity index is 2450. The van der Waals surface area contributed by atoms with Gasteiger partial charge in [0.1, 0.15) is 11.2 Å². The molecule has 0 N–H and O–H groups in total. The molecular formula is C41H27ClO. The molecule has 1 unspecified atom stereocenters. The molecule has 6 aromatic carbocycles. The Morgan fingerprint density at radius 1 is 0.698 bits per heavy atom. The molecule has 204 valence electrons. The molecule has 43 heavy (non-hydrogen) atoms. The van der Waals surface area contributed by atoms with E-state index in [1.54, 1.807) is 0 Å². The van der Waals surface area contributed by atoms with Gasteiger partial charge in [0.15, 0.2) is 0 Å². The van der Waals surface area contributed by atoms with Crippen molar-refractivity contribution in [1.29, 1.82) is 0 Å². The molecule has 0 spiro atoms. The van der Waals surface area contributed by atoms with Gasteiger partial charge in [-0.15, -0.1) is 0 Å². The standard InChI is InChI=1S/C41H27ClO/c1-41(2)33-14-7-12-29-32-21-23(25-10-5-8-22-20-24(42)17-19-26(22)25)16-18-27(32)28-11-6-13-31-35(28)38(37(29)33)39(41)40-36(31)30-9-3-4-15-34(30)43-40/h3-21,27,32H,1-2H3/t27?,32-/m1/s1. The fraction of sp³-hybridized carbons (Fsp3) is 0.122. The highest BCUT2D eigenvalue weighted by Crippen LogP contribution is 2.62. The van der Waals surface area contributed by atoms with E-state index in [-0.39, 0.29) is 17.3 Å². The Hall–Kier alpha value is -4.59. The molecular weight excluding hydrogens is 544 g/mol. The summed E-state index contributed by atoms with van der Waals surface area (Å²) >= 11 is 6.38. The van der Waals surface area contributed by atoms with Gasteiger partial charge in [-0.2, -0.15) is 0 Å². The van der Waals surface area contributed by atoms with Gasteiger partial charge in [0.25, 0.3) is 0 Å². The molecule has 0 fully saturated rings. The van der Waals surface area contributed by atoms with Crippen molar-refractivity contribution in [2.75, 3.05) is 0 Å². The molecule has 3 aliphatic rings. The van der Waals surface area contributed by atoms with E-state index in [4.69, 9.17) is 16.0 Å². The van der Waals surface area contributed by atoms with Crippen molar-refractivity contribution in [2.24, 2.45) is 0 Å². The average Bonchev–Trinajstić information content (AvgIpc) is 3.48. The van der Waals surface area contributed by atoms with Gasteiger partial charge in [0, 0.05) is 38.6 Å². The number of benzene rings is 6. The first-order valence-corrected chi connectivity index (χ1v) is 15.5. The first-order valence-electron chi connectivity index (χ1n) is 15.1. The SMILES string of the molecule is CC1(C)c2cccc3c2-c2c1c1oc4ccccc4c1c1cccc(c21)C1C=CC(c2cccc4cc(Cl)ccc24)=C[C@@H]31. The Balaban J connectivity index is 1.33. The van der Waals surface area contributed by atoms with Crippen LogP contribution in [-0.2, 0) is 5.41 Å². The molecule has 10 rings (SSSR count). The van der Waals surface area contributed by atoms with E-state index in [1.807, 2.05) is 6.07 Å². The summed E-state index contributed by atoms with van der Waals surface area (Å²) in [5.74, 6) is 0.442. The molecule has 2 heteroatoms. The van der Waals surface area contributed by atoms with Crippen molar-refractivity contribution < 1.29 is 4.42 Å². The average molecular weight is 571 g/mol. The predicted molar refractivity (Wildman–Crippen MR) is 180 cm³/mol. The van der Waals surface area contributed by atoms with Crippen LogP contribution in [0.5, 0.6) is 0 Å².